The van der Waals surface area contributed by atoms with Crippen LogP contribution in [0.25, 0.3) is 0 Å². The number of benzene rings is 2. The summed E-state index contributed by atoms with van der Waals surface area (Å²) in [5.74, 6) is -0.443. The van der Waals surface area contributed by atoms with Gasteiger partial charge in [-0.3, -0.25) is 4.79 Å². The first-order chi connectivity index (χ1) is 9.40. The quantitative estimate of drug-likeness (QED) is 0.798. The first-order valence-corrected chi connectivity index (χ1v) is 6.71. The Morgan fingerprint density at radius 3 is 2.35 bits per heavy atom. The molecule has 0 atom stereocenters. The highest BCUT2D eigenvalue weighted by atomic mass is 35.5. The van der Waals surface area contributed by atoms with Gasteiger partial charge in [-0.15, -0.1) is 0 Å². The zero-order chi connectivity index (χ0) is 14.9. The topological polar surface area (TPSA) is 49.3 Å². The highest BCUT2D eigenvalue weighted by Gasteiger charge is 2.12. The number of carbonyl (C=O) groups excluding carboxylic acids is 1. The molecule has 5 heteroatoms. The van der Waals surface area contributed by atoms with Crippen molar-refractivity contribution in [2.24, 2.45) is 0 Å². The van der Waals surface area contributed by atoms with E-state index in [1.807, 2.05) is 26.0 Å². The number of halogens is 2. The largest absolute Gasteiger partial charge is 0.505 e. The molecule has 1 amide bonds. The number of aromatic hydroxyl groups is 1. The van der Waals surface area contributed by atoms with Gasteiger partial charge in [-0.05, 0) is 43.2 Å². The number of aryl methyl sites for hydroxylation is 1. The Hall–Kier alpha value is -1.71. The lowest BCUT2D eigenvalue weighted by Crippen LogP contribution is -2.13. The van der Waals surface area contributed by atoms with Gasteiger partial charge in [0, 0.05) is 11.3 Å². The Labute approximate surface area is 127 Å². The molecule has 0 spiro atoms. The lowest BCUT2D eigenvalue weighted by molar-refractivity contribution is 0.102. The highest BCUT2D eigenvalue weighted by molar-refractivity contribution is 6.37. The maximum absolute atomic E-state index is 12.2. The van der Waals surface area contributed by atoms with Crippen LogP contribution in [0.3, 0.4) is 0 Å². The number of anilines is 1. The summed E-state index contributed by atoms with van der Waals surface area (Å²) in [7, 11) is 0. The fourth-order valence-corrected chi connectivity index (χ4v) is 2.32. The molecule has 0 aliphatic heterocycles. The van der Waals surface area contributed by atoms with Crippen LogP contribution in [-0.2, 0) is 0 Å². The van der Waals surface area contributed by atoms with Crippen molar-refractivity contribution in [3.8, 4) is 5.75 Å². The van der Waals surface area contributed by atoms with Gasteiger partial charge in [0.1, 0.15) is 0 Å². The molecule has 20 heavy (non-hydrogen) atoms. The van der Waals surface area contributed by atoms with Crippen molar-refractivity contribution in [1.82, 2.24) is 0 Å². The van der Waals surface area contributed by atoms with E-state index in [9.17, 15) is 9.90 Å². The van der Waals surface area contributed by atoms with Crippen molar-refractivity contribution in [3.05, 3.63) is 57.1 Å². The third-order valence-electron chi connectivity index (χ3n) is 3.12. The van der Waals surface area contributed by atoms with E-state index >= 15 is 0 Å². The van der Waals surface area contributed by atoms with E-state index in [1.165, 1.54) is 12.1 Å². The molecule has 0 aliphatic rings. The summed E-state index contributed by atoms with van der Waals surface area (Å²) in [4.78, 5) is 12.2. The summed E-state index contributed by atoms with van der Waals surface area (Å²) in [6, 6.07) is 8.42. The van der Waals surface area contributed by atoms with E-state index < -0.39 is 0 Å². The van der Waals surface area contributed by atoms with Crippen LogP contribution in [0.1, 0.15) is 21.5 Å². The number of amides is 1. The van der Waals surface area contributed by atoms with Crippen LogP contribution in [0.2, 0.25) is 10.0 Å². The molecule has 2 N–H and O–H groups in total. The molecule has 104 valence electrons. The Morgan fingerprint density at radius 2 is 1.75 bits per heavy atom. The molecule has 0 fully saturated rings. The summed E-state index contributed by atoms with van der Waals surface area (Å²) in [5, 5.41) is 12.4. The van der Waals surface area contributed by atoms with E-state index in [2.05, 4.69) is 5.32 Å². The summed E-state index contributed by atoms with van der Waals surface area (Å²) < 4.78 is 0. The molecule has 2 aromatic rings. The van der Waals surface area contributed by atoms with Gasteiger partial charge < -0.3 is 10.4 Å². The average Bonchev–Trinajstić information content (AvgIpc) is 2.39. The average molecular weight is 310 g/mol. The lowest BCUT2D eigenvalue weighted by atomic mass is 10.0. The van der Waals surface area contributed by atoms with E-state index in [0.717, 1.165) is 11.1 Å². The third kappa shape index (κ3) is 2.89. The molecule has 0 radical (unpaired) electrons. The first-order valence-electron chi connectivity index (χ1n) is 5.95. The molecule has 2 aromatic carbocycles. The fourth-order valence-electron chi connectivity index (χ4n) is 1.83. The smallest absolute Gasteiger partial charge is 0.255 e. The molecule has 0 heterocycles. The molecular formula is C15H13Cl2NO2. The van der Waals surface area contributed by atoms with E-state index in [0.29, 0.717) is 11.3 Å². The molecule has 0 saturated heterocycles. The molecule has 0 saturated carbocycles. The van der Waals surface area contributed by atoms with Crippen molar-refractivity contribution in [3.63, 3.8) is 0 Å². The Kier molecular flexibility index (Phi) is 4.21. The van der Waals surface area contributed by atoms with Crippen molar-refractivity contribution in [1.29, 1.82) is 0 Å². The van der Waals surface area contributed by atoms with Crippen LogP contribution in [0.5, 0.6) is 5.75 Å². The number of hydrogen-bond acceptors (Lipinski definition) is 2. The minimum atomic E-state index is -0.246. The van der Waals surface area contributed by atoms with Crippen LogP contribution >= 0.6 is 23.2 Å². The zero-order valence-electron chi connectivity index (χ0n) is 11.0. The standard InChI is InChI=1S/C15H13Cl2NO2/c1-8-4-3-5-11(9(8)2)15(20)18-10-6-12(16)14(19)13(17)7-10/h3-7,19H,1-2H3,(H,18,20). The second kappa shape index (κ2) is 5.73. The lowest BCUT2D eigenvalue weighted by Gasteiger charge is -2.10. The van der Waals surface area contributed by atoms with Crippen LogP contribution in [0.4, 0.5) is 5.69 Å². The second-order valence-electron chi connectivity index (χ2n) is 4.49. The van der Waals surface area contributed by atoms with Crippen molar-refractivity contribution < 1.29 is 9.90 Å². The Bertz CT molecular complexity index is 661. The van der Waals surface area contributed by atoms with Crippen LogP contribution in [-0.4, -0.2) is 11.0 Å². The minimum absolute atomic E-state index is 0.0914. The van der Waals surface area contributed by atoms with E-state index in [1.54, 1.807) is 6.07 Å². The van der Waals surface area contributed by atoms with Gasteiger partial charge in [0.05, 0.1) is 10.0 Å². The van der Waals surface area contributed by atoms with Gasteiger partial charge in [-0.25, -0.2) is 0 Å². The fraction of sp³-hybridized carbons (Fsp3) is 0.133. The summed E-state index contributed by atoms with van der Waals surface area (Å²) in [6.07, 6.45) is 0. The van der Waals surface area contributed by atoms with Gasteiger partial charge in [-0.1, -0.05) is 35.3 Å². The number of hydrogen-bond donors (Lipinski definition) is 2. The maximum Gasteiger partial charge on any atom is 0.255 e. The summed E-state index contributed by atoms with van der Waals surface area (Å²) >= 11 is 11.6. The van der Waals surface area contributed by atoms with Gasteiger partial charge in [0.25, 0.3) is 5.91 Å². The zero-order valence-corrected chi connectivity index (χ0v) is 12.5. The molecule has 2 rings (SSSR count). The molecule has 3 nitrogen and oxygen atoms in total. The summed E-state index contributed by atoms with van der Waals surface area (Å²) in [5.41, 5.74) is 2.98. The van der Waals surface area contributed by atoms with E-state index in [-0.39, 0.29) is 21.7 Å². The number of phenols is 1. The number of nitrogens with one attached hydrogen (secondary N) is 1. The predicted octanol–water partition coefficient (Wildman–Crippen LogP) is 4.57. The van der Waals surface area contributed by atoms with Gasteiger partial charge >= 0.3 is 0 Å². The van der Waals surface area contributed by atoms with Gasteiger partial charge in [-0.2, -0.15) is 0 Å². The molecule has 0 aromatic heterocycles. The van der Waals surface area contributed by atoms with E-state index in [4.69, 9.17) is 23.2 Å². The normalized spacial score (nSPS) is 10.4. The van der Waals surface area contributed by atoms with Crippen molar-refractivity contribution in [2.75, 3.05) is 5.32 Å². The maximum atomic E-state index is 12.2. The SMILES string of the molecule is Cc1cccc(C(=O)Nc2cc(Cl)c(O)c(Cl)c2)c1C. The van der Waals surface area contributed by atoms with Crippen LogP contribution in [0, 0.1) is 13.8 Å². The number of rotatable bonds is 2. The minimum Gasteiger partial charge on any atom is -0.505 e. The van der Waals surface area contributed by atoms with Crippen molar-refractivity contribution in [2.45, 2.75) is 13.8 Å². The van der Waals surface area contributed by atoms with Gasteiger partial charge in [0.2, 0.25) is 0 Å². The predicted molar refractivity (Wildman–Crippen MR) is 82.0 cm³/mol. The highest BCUT2D eigenvalue weighted by Crippen LogP contribution is 2.34. The van der Waals surface area contributed by atoms with Gasteiger partial charge in [0.15, 0.2) is 5.75 Å². The second-order valence-corrected chi connectivity index (χ2v) is 5.30. The number of carbonyl (C=O) groups is 1. The molecule has 0 unspecified atom stereocenters. The third-order valence-corrected chi connectivity index (χ3v) is 3.70. The van der Waals surface area contributed by atoms with Crippen LogP contribution < -0.4 is 5.32 Å². The Balaban J connectivity index is 2.30. The Morgan fingerprint density at radius 1 is 1.15 bits per heavy atom. The molecule has 0 aliphatic carbocycles. The monoisotopic (exact) mass is 309 g/mol. The molecular weight excluding hydrogens is 297 g/mol. The first kappa shape index (κ1) is 14.7. The summed E-state index contributed by atoms with van der Waals surface area (Å²) in [6.45, 7) is 3.83. The molecule has 0 bridgehead atoms. The van der Waals surface area contributed by atoms with Crippen molar-refractivity contribution >= 4 is 34.8 Å². The number of phenolic OH excluding ortho intramolecular Hbond substituents is 1. The van der Waals surface area contributed by atoms with Crippen LogP contribution in [0.15, 0.2) is 30.3 Å².